The lowest BCUT2D eigenvalue weighted by molar-refractivity contribution is -0.116. The van der Waals surface area contributed by atoms with Gasteiger partial charge in [-0.05, 0) is 23.6 Å². The van der Waals surface area contributed by atoms with Crippen LogP contribution >= 0.6 is 11.6 Å². The van der Waals surface area contributed by atoms with Gasteiger partial charge in [0.15, 0.2) is 0 Å². The lowest BCUT2D eigenvalue weighted by atomic mass is 9.99. The van der Waals surface area contributed by atoms with Crippen molar-refractivity contribution >= 4 is 29.4 Å². The summed E-state index contributed by atoms with van der Waals surface area (Å²) < 4.78 is 5.90. The van der Waals surface area contributed by atoms with Crippen LogP contribution in [0.25, 0.3) is 0 Å². The Morgan fingerprint density at radius 3 is 2.65 bits per heavy atom. The number of halogens is 1. The molecule has 1 saturated heterocycles. The molecular weight excluding hydrogens is 352 g/mol. The fraction of sp³-hybridized carbons (Fsp3) is 0.474. The first kappa shape index (κ1) is 20.3. The molecule has 2 rings (SSSR count). The minimum absolute atomic E-state index is 0.113. The summed E-state index contributed by atoms with van der Waals surface area (Å²) in [6.45, 7) is 9.53. The number of nitrogens with zero attached hydrogens (tertiary/aromatic N) is 1. The summed E-state index contributed by atoms with van der Waals surface area (Å²) in [5.74, 6) is -0.217. The largest absolute Gasteiger partial charge is 0.486 e. The van der Waals surface area contributed by atoms with Crippen molar-refractivity contribution in [3.8, 4) is 0 Å². The number of allylic oxidation sites excluding steroid dienone is 1. The van der Waals surface area contributed by atoms with Crippen LogP contribution in [-0.2, 0) is 9.53 Å². The highest BCUT2D eigenvalue weighted by molar-refractivity contribution is 6.31. The van der Waals surface area contributed by atoms with Crippen molar-refractivity contribution in [2.75, 3.05) is 38.1 Å². The van der Waals surface area contributed by atoms with Crippen molar-refractivity contribution in [3.63, 3.8) is 0 Å². The first-order chi connectivity index (χ1) is 12.3. The van der Waals surface area contributed by atoms with Crippen molar-refractivity contribution < 1.29 is 9.53 Å². The molecule has 1 aliphatic heterocycles. The third kappa shape index (κ3) is 6.04. The molecule has 0 saturated carbocycles. The zero-order valence-corrected chi connectivity index (χ0v) is 16.3. The third-order valence-corrected chi connectivity index (χ3v) is 4.00. The van der Waals surface area contributed by atoms with E-state index in [0.29, 0.717) is 23.0 Å². The second-order valence-corrected chi connectivity index (χ2v) is 7.85. The molecule has 1 fully saturated rings. The standard InChI is InChI=1S/C19H27ClN4O2/c1-19(2,3)13-26-17(16(12-21)24-9-7-22-8-10-24)18(25)23-15-6-4-5-14(20)11-15/h4-6,11-12,21-22H,7-10,13H2,1-3H3,(H,23,25)/b17-16-,21-12?. The van der Waals surface area contributed by atoms with Crippen LogP contribution in [0.4, 0.5) is 5.69 Å². The molecule has 0 unspecified atom stereocenters. The number of amides is 1. The van der Waals surface area contributed by atoms with Crippen LogP contribution < -0.4 is 10.6 Å². The fourth-order valence-corrected chi connectivity index (χ4v) is 2.70. The average Bonchev–Trinajstić information content (AvgIpc) is 2.58. The summed E-state index contributed by atoms with van der Waals surface area (Å²) in [6, 6.07) is 6.95. The van der Waals surface area contributed by atoms with Crippen LogP contribution in [0.15, 0.2) is 35.7 Å². The van der Waals surface area contributed by atoms with Crippen LogP contribution in [0.2, 0.25) is 5.02 Å². The smallest absolute Gasteiger partial charge is 0.293 e. The normalized spacial score (nSPS) is 15.9. The van der Waals surface area contributed by atoms with Gasteiger partial charge >= 0.3 is 0 Å². The van der Waals surface area contributed by atoms with E-state index in [0.717, 1.165) is 26.2 Å². The maximum absolute atomic E-state index is 12.9. The van der Waals surface area contributed by atoms with Crippen molar-refractivity contribution in [1.82, 2.24) is 10.2 Å². The summed E-state index contributed by atoms with van der Waals surface area (Å²) in [7, 11) is 0. The third-order valence-electron chi connectivity index (χ3n) is 3.77. The van der Waals surface area contributed by atoms with Crippen molar-refractivity contribution in [3.05, 3.63) is 40.7 Å². The van der Waals surface area contributed by atoms with E-state index < -0.39 is 0 Å². The predicted octanol–water partition coefficient (Wildman–Crippen LogP) is 3.11. The highest BCUT2D eigenvalue weighted by atomic mass is 35.5. The van der Waals surface area contributed by atoms with Crippen molar-refractivity contribution in [2.45, 2.75) is 20.8 Å². The van der Waals surface area contributed by atoms with E-state index in [9.17, 15) is 4.79 Å². The minimum Gasteiger partial charge on any atom is -0.486 e. The Morgan fingerprint density at radius 1 is 1.38 bits per heavy atom. The number of carbonyl (C=O) groups is 1. The molecule has 0 spiro atoms. The Hall–Kier alpha value is -2.05. The predicted molar refractivity (Wildman–Crippen MR) is 106 cm³/mol. The SMILES string of the molecule is CC(C)(C)CO/C(C(=O)Nc1cccc(Cl)c1)=C(/C=N)N1CCNCC1. The van der Waals surface area contributed by atoms with E-state index in [2.05, 4.69) is 10.6 Å². The van der Waals surface area contributed by atoms with Gasteiger partial charge in [0.05, 0.1) is 6.61 Å². The van der Waals surface area contributed by atoms with Gasteiger partial charge in [-0.15, -0.1) is 0 Å². The molecule has 0 bridgehead atoms. The highest BCUT2D eigenvalue weighted by Crippen LogP contribution is 2.21. The molecule has 0 aromatic heterocycles. The van der Waals surface area contributed by atoms with Gasteiger partial charge in [-0.3, -0.25) is 4.79 Å². The maximum atomic E-state index is 12.9. The summed E-state index contributed by atoms with van der Waals surface area (Å²) in [4.78, 5) is 14.9. The van der Waals surface area contributed by atoms with Gasteiger partial charge in [-0.25, -0.2) is 0 Å². The van der Waals surface area contributed by atoms with Gasteiger partial charge in [-0.2, -0.15) is 0 Å². The van der Waals surface area contributed by atoms with E-state index in [1.165, 1.54) is 6.21 Å². The lowest BCUT2D eigenvalue weighted by Crippen LogP contribution is -2.44. The first-order valence-electron chi connectivity index (χ1n) is 8.70. The number of rotatable bonds is 6. The van der Waals surface area contributed by atoms with Gasteiger partial charge in [0.2, 0.25) is 5.76 Å². The van der Waals surface area contributed by atoms with E-state index in [-0.39, 0.29) is 17.1 Å². The van der Waals surface area contributed by atoms with Crippen LogP contribution in [0, 0.1) is 10.8 Å². The Labute approximate surface area is 160 Å². The van der Waals surface area contributed by atoms with Crippen LogP contribution in [-0.4, -0.2) is 49.8 Å². The zero-order valence-electron chi connectivity index (χ0n) is 15.6. The molecule has 142 valence electrons. The number of anilines is 1. The first-order valence-corrected chi connectivity index (χ1v) is 9.08. The number of hydrogen-bond acceptors (Lipinski definition) is 5. The number of hydrogen-bond donors (Lipinski definition) is 3. The molecule has 1 aromatic rings. The second kappa shape index (κ2) is 9.05. The molecule has 1 amide bonds. The molecule has 6 nitrogen and oxygen atoms in total. The van der Waals surface area contributed by atoms with Crippen LogP contribution in [0.3, 0.4) is 0 Å². The molecule has 1 aromatic carbocycles. The number of carbonyl (C=O) groups excluding carboxylic acids is 1. The summed E-state index contributed by atoms with van der Waals surface area (Å²) in [5, 5.41) is 14.5. The van der Waals surface area contributed by atoms with E-state index in [1.54, 1.807) is 24.3 Å². The molecule has 1 heterocycles. The van der Waals surface area contributed by atoms with Gasteiger partial charge < -0.3 is 25.7 Å². The number of benzene rings is 1. The number of piperazine rings is 1. The van der Waals surface area contributed by atoms with Crippen LogP contribution in [0.1, 0.15) is 20.8 Å². The van der Waals surface area contributed by atoms with Crippen molar-refractivity contribution in [2.24, 2.45) is 5.41 Å². The lowest BCUT2D eigenvalue weighted by Gasteiger charge is -2.31. The Balaban J connectivity index is 2.29. The molecule has 3 N–H and O–H groups in total. The fourth-order valence-electron chi connectivity index (χ4n) is 2.50. The minimum atomic E-state index is -0.381. The quantitative estimate of drug-likeness (QED) is 0.404. The Kier molecular flexibility index (Phi) is 7.06. The molecule has 0 atom stereocenters. The summed E-state index contributed by atoms with van der Waals surface area (Å²) in [5.41, 5.74) is 0.970. The molecule has 26 heavy (non-hydrogen) atoms. The Morgan fingerprint density at radius 2 is 2.08 bits per heavy atom. The van der Waals surface area contributed by atoms with Gasteiger partial charge in [0.25, 0.3) is 5.91 Å². The molecule has 0 radical (unpaired) electrons. The topological polar surface area (TPSA) is 77.5 Å². The molecule has 7 heteroatoms. The highest BCUT2D eigenvalue weighted by Gasteiger charge is 2.24. The van der Waals surface area contributed by atoms with E-state index in [4.69, 9.17) is 21.7 Å². The summed E-state index contributed by atoms with van der Waals surface area (Å²) in [6.07, 6.45) is 1.20. The average molecular weight is 379 g/mol. The monoisotopic (exact) mass is 378 g/mol. The second-order valence-electron chi connectivity index (χ2n) is 7.41. The van der Waals surface area contributed by atoms with Gasteiger partial charge in [0.1, 0.15) is 5.70 Å². The van der Waals surface area contributed by atoms with E-state index in [1.807, 2.05) is 25.7 Å². The van der Waals surface area contributed by atoms with E-state index >= 15 is 0 Å². The Bertz CT molecular complexity index is 676. The zero-order chi connectivity index (χ0) is 19.2. The summed E-state index contributed by atoms with van der Waals surface area (Å²) >= 11 is 5.99. The molecular formula is C19H27ClN4O2. The van der Waals surface area contributed by atoms with Crippen molar-refractivity contribution in [1.29, 1.82) is 5.41 Å². The molecule has 1 aliphatic rings. The van der Waals surface area contributed by atoms with Crippen LogP contribution in [0.5, 0.6) is 0 Å². The van der Waals surface area contributed by atoms with Gasteiger partial charge in [0, 0.05) is 43.1 Å². The van der Waals surface area contributed by atoms with Gasteiger partial charge in [-0.1, -0.05) is 38.4 Å². The maximum Gasteiger partial charge on any atom is 0.293 e. The number of nitrogens with one attached hydrogen (secondary N) is 3. The number of ether oxygens (including phenoxy) is 1. The molecule has 0 aliphatic carbocycles.